The number of nitrogens with zero attached hydrogens (tertiary/aromatic N) is 1. The molecule has 0 radical (unpaired) electrons. The lowest BCUT2D eigenvalue weighted by Gasteiger charge is -2.07. The first-order chi connectivity index (χ1) is 8.19. The van der Waals surface area contributed by atoms with Crippen LogP contribution < -0.4 is 5.73 Å². The van der Waals surface area contributed by atoms with E-state index in [2.05, 4.69) is 37.0 Å². The van der Waals surface area contributed by atoms with Crippen molar-refractivity contribution in [2.24, 2.45) is 5.73 Å². The van der Waals surface area contributed by atoms with E-state index in [0.717, 1.165) is 5.69 Å². The van der Waals surface area contributed by atoms with E-state index in [-0.39, 0.29) is 0 Å². The van der Waals surface area contributed by atoms with Crippen LogP contribution in [0.1, 0.15) is 16.8 Å². The number of aromatic nitrogens is 1. The molecule has 0 bridgehead atoms. The van der Waals surface area contributed by atoms with Crippen molar-refractivity contribution < 1.29 is 0 Å². The van der Waals surface area contributed by atoms with Crippen LogP contribution in [0.4, 0.5) is 0 Å². The van der Waals surface area contributed by atoms with Gasteiger partial charge in [0.05, 0.1) is 5.69 Å². The maximum atomic E-state index is 5.59. The second-order valence-corrected chi connectivity index (χ2v) is 5.17. The van der Waals surface area contributed by atoms with Crippen LogP contribution in [0.2, 0.25) is 0 Å². The quantitative estimate of drug-likeness (QED) is 0.900. The van der Waals surface area contributed by atoms with Crippen molar-refractivity contribution in [2.45, 2.75) is 30.2 Å². The zero-order chi connectivity index (χ0) is 12.3. The number of aryl methyl sites for hydroxylation is 2. The van der Waals surface area contributed by atoms with Crippen LogP contribution in [0.3, 0.4) is 0 Å². The smallest absolute Gasteiger partial charge is 0.0550 e. The summed E-state index contributed by atoms with van der Waals surface area (Å²) >= 11 is 1.76. The first kappa shape index (κ1) is 12.1. The van der Waals surface area contributed by atoms with Crippen molar-refractivity contribution in [1.29, 1.82) is 0 Å². The van der Waals surface area contributed by atoms with E-state index < -0.39 is 0 Å². The Morgan fingerprint density at radius 2 is 2.00 bits per heavy atom. The van der Waals surface area contributed by atoms with Gasteiger partial charge in [0.25, 0.3) is 0 Å². The standard InChI is InChI=1S/C14H16N2S/c1-10-3-4-14(11(2)7-10)17-13-5-6-16-12(8-13)9-15/h3-8H,9,15H2,1-2H3. The first-order valence-electron chi connectivity index (χ1n) is 5.59. The Morgan fingerprint density at radius 3 is 2.71 bits per heavy atom. The molecule has 0 fully saturated rings. The van der Waals surface area contributed by atoms with Crippen LogP contribution in [-0.2, 0) is 6.54 Å². The van der Waals surface area contributed by atoms with Crippen molar-refractivity contribution in [3.8, 4) is 0 Å². The Morgan fingerprint density at radius 1 is 1.18 bits per heavy atom. The molecule has 17 heavy (non-hydrogen) atoms. The third-order valence-corrected chi connectivity index (χ3v) is 3.72. The summed E-state index contributed by atoms with van der Waals surface area (Å²) in [6, 6.07) is 10.6. The number of benzene rings is 1. The minimum absolute atomic E-state index is 0.487. The highest BCUT2D eigenvalue weighted by molar-refractivity contribution is 7.99. The predicted molar refractivity (Wildman–Crippen MR) is 72.2 cm³/mol. The molecule has 0 aliphatic carbocycles. The molecular formula is C14H16N2S. The largest absolute Gasteiger partial charge is 0.325 e. The molecule has 0 saturated heterocycles. The Labute approximate surface area is 106 Å². The molecule has 0 unspecified atom stereocenters. The van der Waals surface area contributed by atoms with E-state index in [1.807, 2.05) is 18.3 Å². The number of pyridine rings is 1. The van der Waals surface area contributed by atoms with Gasteiger partial charge in [-0.05, 0) is 37.6 Å². The Balaban J connectivity index is 2.25. The molecule has 1 aromatic carbocycles. The summed E-state index contributed by atoms with van der Waals surface area (Å²) in [5.41, 5.74) is 9.12. The summed E-state index contributed by atoms with van der Waals surface area (Å²) in [6.45, 7) is 4.74. The molecule has 0 atom stereocenters. The Hall–Kier alpha value is -1.32. The number of nitrogens with two attached hydrogens (primary N) is 1. The molecule has 88 valence electrons. The molecule has 0 aliphatic heterocycles. The highest BCUT2D eigenvalue weighted by Crippen LogP contribution is 2.30. The molecule has 0 aliphatic rings. The molecule has 0 saturated carbocycles. The van der Waals surface area contributed by atoms with Gasteiger partial charge in [0.1, 0.15) is 0 Å². The van der Waals surface area contributed by atoms with Gasteiger partial charge in [0, 0.05) is 22.5 Å². The van der Waals surface area contributed by atoms with Crippen LogP contribution in [0.5, 0.6) is 0 Å². The van der Waals surface area contributed by atoms with Crippen LogP contribution >= 0.6 is 11.8 Å². The highest BCUT2D eigenvalue weighted by atomic mass is 32.2. The van der Waals surface area contributed by atoms with Gasteiger partial charge in [0.2, 0.25) is 0 Å². The molecule has 2 rings (SSSR count). The van der Waals surface area contributed by atoms with Crippen molar-refractivity contribution in [3.63, 3.8) is 0 Å². The van der Waals surface area contributed by atoms with Gasteiger partial charge < -0.3 is 5.73 Å². The lowest BCUT2D eigenvalue weighted by Crippen LogP contribution is -1.98. The topological polar surface area (TPSA) is 38.9 Å². The lowest BCUT2D eigenvalue weighted by molar-refractivity contribution is 0.976. The fraction of sp³-hybridized carbons (Fsp3) is 0.214. The lowest BCUT2D eigenvalue weighted by atomic mass is 10.2. The molecule has 3 heteroatoms. The molecule has 2 N–H and O–H groups in total. The van der Waals surface area contributed by atoms with E-state index in [4.69, 9.17) is 5.73 Å². The summed E-state index contributed by atoms with van der Waals surface area (Å²) < 4.78 is 0. The fourth-order valence-corrected chi connectivity index (χ4v) is 2.61. The fourth-order valence-electron chi connectivity index (χ4n) is 1.67. The maximum absolute atomic E-state index is 5.59. The van der Waals surface area contributed by atoms with E-state index in [9.17, 15) is 0 Å². The predicted octanol–water partition coefficient (Wildman–Crippen LogP) is 3.31. The van der Waals surface area contributed by atoms with E-state index in [1.54, 1.807) is 11.8 Å². The van der Waals surface area contributed by atoms with Crippen molar-refractivity contribution in [1.82, 2.24) is 4.98 Å². The van der Waals surface area contributed by atoms with Crippen molar-refractivity contribution >= 4 is 11.8 Å². The normalized spacial score (nSPS) is 10.5. The van der Waals surface area contributed by atoms with Crippen molar-refractivity contribution in [3.05, 3.63) is 53.3 Å². The minimum atomic E-state index is 0.487. The number of rotatable bonds is 3. The first-order valence-corrected chi connectivity index (χ1v) is 6.41. The molecular weight excluding hydrogens is 228 g/mol. The summed E-state index contributed by atoms with van der Waals surface area (Å²) in [7, 11) is 0. The number of hydrogen-bond donors (Lipinski definition) is 1. The Bertz CT molecular complexity index is 523. The molecule has 0 amide bonds. The van der Waals surface area contributed by atoms with E-state index >= 15 is 0 Å². The minimum Gasteiger partial charge on any atom is -0.325 e. The Kier molecular flexibility index (Phi) is 3.82. The van der Waals surface area contributed by atoms with Gasteiger partial charge in [0.15, 0.2) is 0 Å². The summed E-state index contributed by atoms with van der Waals surface area (Å²) in [6.07, 6.45) is 1.81. The van der Waals surface area contributed by atoms with Gasteiger partial charge in [-0.2, -0.15) is 0 Å². The molecule has 2 nitrogen and oxygen atoms in total. The summed E-state index contributed by atoms with van der Waals surface area (Å²) in [5, 5.41) is 0. The third-order valence-electron chi connectivity index (χ3n) is 2.56. The zero-order valence-electron chi connectivity index (χ0n) is 10.1. The molecule has 1 aromatic heterocycles. The van der Waals surface area contributed by atoms with Gasteiger partial charge in [-0.3, -0.25) is 4.98 Å². The maximum Gasteiger partial charge on any atom is 0.0550 e. The average molecular weight is 244 g/mol. The van der Waals surface area contributed by atoms with Crippen LogP contribution in [0, 0.1) is 13.8 Å². The van der Waals surface area contributed by atoms with E-state index in [1.165, 1.54) is 20.9 Å². The third kappa shape index (κ3) is 3.08. The zero-order valence-corrected chi connectivity index (χ0v) is 10.9. The second-order valence-electron chi connectivity index (χ2n) is 4.06. The monoisotopic (exact) mass is 244 g/mol. The highest BCUT2D eigenvalue weighted by Gasteiger charge is 2.02. The van der Waals surface area contributed by atoms with Gasteiger partial charge in [-0.15, -0.1) is 0 Å². The van der Waals surface area contributed by atoms with Crippen LogP contribution in [0.25, 0.3) is 0 Å². The second kappa shape index (κ2) is 5.34. The van der Waals surface area contributed by atoms with Crippen LogP contribution in [-0.4, -0.2) is 4.98 Å². The van der Waals surface area contributed by atoms with Crippen molar-refractivity contribution in [2.75, 3.05) is 0 Å². The molecule has 0 spiro atoms. The van der Waals surface area contributed by atoms with Gasteiger partial charge >= 0.3 is 0 Å². The number of hydrogen-bond acceptors (Lipinski definition) is 3. The molecule has 2 aromatic rings. The summed E-state index contributed by atoms with van der Waals surface area (Å²) in [4.78, 5) is 6.67. The average Bonchev–Trinajstić information content (AvgIpc) is 2.33. The summed E-state index contributed by atoms with van der Waals surface area (Å²) in [5.74, 6) is 0. The van der Waals surface area contributed by atoms with Gasteiger partial charge in [-0.1, -0.05) is 29.5 Å². The SMILES string of the molecule is Cc1ccc(Sc2ccnc(CN)c2)c(C)c1. The van der Waals surface area contributed by atoms with Crippen LogP contribution in [0.15, 0.2) is 46.3 Å². The molecule has 1 heterocycles. The van der Waals surface area contributed by atoms with E-state index in [0.29, 0.717) is 6.54 Å². The van der Waals surface area contributed by atoms with Gasteiger partial charge in [-0.25, -0.2) is 0 Å².